The normalized spacial score (nSPS) is 25.7. The molecule has 1 fully saturated rings. The predicted molar refractivity (Wildman–Crippen MR) is 90.4 cm³/mol. The van der Waals surface area contributed by atoms with Crippen molar-refractivity contribution in [2.24, 2.45) is 0 Å². The first-order valence-corrected chi connectivity index (χ1v) is 8.14. The number of carbonyl (C=O) groups excluding carboxylic acids is 1. The lowest BCUT2D eigenvalue weighted by Gasteiger charge is -2.36. The second-order valence-corrected chi connectivity index (χ2v) is 6.08. The maximum atomic E-state index is 11.9. The zero-order valence-electron chi connectivity index (χ0n) is 14.5. The zero-order valence-corrected chi connectivity index (χ0v) is 14.5. The van der Waals surface area contributed by atoms with Crippen LogP contribution in [0.3, 0.4) is 0 Å². The van der Waals surface area contributed by atoms with Crippen LogP contribution in [0.4, 0.5) is 0 Å². The van der Waals surface area contributed by atoms with Gasteiger partial charge in [-0.05, 0) is 17.7 Å². The number of aliphatic hydroxyl groups excluding tert-OH is 2. The molecule has 138 valence electrons. The molecule has 2 heterocycles. The van der Waals surface area contributed by atoms with Gasteiger partial charge in [0.15, 0.2) is 12.3 Å². The van der Waals surface area contributed by atoms with E-state index in [9.17, 15) is 15.0 Å². The number of hydrogen-bond donors (Lipinski definition) is 2. The van der Waals surface area contributed by atoms with Crippen molar-refractivity contribution in [1.82, 2.24) is 4.57 Å². The number of rotatable bonds is 4. The fourth-order valence-corrected chi connectivity index (χ4v) is 3.33. The van der Waals surface area contributed by atoms with Crippen LogP contribution in [-0.2, 0) is 20.7 Å². The van der Waals surface area contributed by atoms with E-state index in [4.69, 9.17) is 19.5 Å². The van der Waals surface area contributed by atoms with Crippen molar-refractivity contribution in [3.05, 3.63) is 30.0 Å². The van der Waals surface area contributed by atoms with E-state index in [1.165, 1.54) is 14.2 Å². The standard InChI is InChI=1S/C18H20N2O6/c1-24-13-5-3-4-11-15(13)10(6-7-19)9-20(11)17-16(22)12(21)8-14(26-17)18(23)25-2/h3-5,9,12,14,16-17,21-22H,6,8H2,1-2H3/t12-,14+,16-,17-/m1/s1. The number of carbonyl (C=O) groups is 1. The summed E-state index contributed by atoms with van der Waals surface area (Å²) in [5.74, 6) is -0.0332. The number of esters is 1. The molecule has 3 rings (SSSR count). The number of nitriles is 1. The zero-order chi connectivity index (χ0) is 18.8. The second-order valence-electron chi connectivity index (χ2n) is 6.08. The number of fused-ring (bicyclic) bond motifs is 1. The molecule has 0 unspecified atom stereocenters. The first-order valence-electron chi connectivity index (χ1n) is 8.14. The fourth-order valence-electron chi connectivity index (χ4n) is 3.33. The summed E-state index contributed by atoms with van der Waals surface area (Å²) in [5, 5.41) is 30.5. The minimum Gasteiger partial charge on any atom is -0.496 e. The van der Waals surface area contributed by atoms with Crippen LogP contribution in [0.2, 0.25) is 0 Å². The molecule has 1 aliphatic rings. The summed E-state index contributed by atoms with van der Waals surface area (Å²) in [4.78, 5) is 11.9. The number of nitrogens with zero attached hydrogens (tertiary/aromatic N) is 2. The first kappa shape index (κ1) is 18.2. The van der Waals surface area contributed by atoms with Gasteiger partial charge in [0, 0.05) is 18.0 Å². The van der Waals surface area contributed by atoms with Crippen molar-refractivity contribution in [1.29, 1.82) is 5.26 Å². The topological polar surface area (TPSA) is 114 Å². The highest BCUT2D eigenvalue weighted by Gasteiger charge is 2.41. The molecule has 1 aromatic carbocycles. The average Bonchev–Trinajstić information content (AvgIpc) is 3.02. The van der Waals surface area contributed by atoms with Crippen LogP contribution >= 0.6 is 0 Å². The van der Waals surface area contributed by atoms with Crippen LogP contribution in [0.25, 0.3) is 10.9 Å². The van der Waals surface area contributed by atoms with Gasteiger partial charge in [0.05, 0.1) is 38.3 Å². The number of aliphatic hydroxyl groups is 2. The van der Waals surface area contributed by atoms with Gasteiger partial charge in [-0.1, -0.05) is 6.07 Å². The van der Waals surface area contributed by atoms with Gasteiger partial charge in [-0.25, -0.2) is 4.79 Å². The lowest BCUT2D eigenvalue weighted by molar-refractivity contribution is -0.209. The molecular formula is C18H20N2O6. The molecule has 4 atom stereocenters. The molecule has 8 heteroatoms. The molecule has 2 N–H and O–H groups in total. The molecule has 0 aliphatic carbocycles. The molecule has 0 saturated carbocycles. The summed E-state index contributed by atoms with van der Waals surface area (Å²) in [6.45, 7) is 0. The van der Waals surface area contributed by atoms with E-state index in [2.05, 4.69) is 6.07 Å². The quantitative estimate of drug-likeness (QED) is 0.779. The SMILES string of the molecule is COC(=O)[C@@H]1C[C@@H](O)[C@@H](O)[C@H](n2cc(CC#N)c3c(OC)cccc32)O1. The third-order valence-corrected chi connectivity index (χ3v) is 4.57. The summed E-state index contributed by atoms with van der Waals surface area (Å²) >= 11 is 0. The number of hydrogen-bond acceptors (Lipinski definition) is 7. The monoisotopic (exact) mass is 360 g/mol. The van der Waals surface area contributed by atoms with Crippen LogP contribution in [0.5, 0.6) is 5.75 Å². The second kappa shape index (κ2) is 7.33. The summed E-state index contributed by atoms with van der Waals surface area (Å²) in [6, 6.07) is 7.45. The summed E-state index contributed by atoms with van der Waals surface area (Å²) in [6.07, 6.45) is -2.65. The molecule has 0 amide bonds. The summed E-state index contributed by atoms with van der Waals surface area (Å²) < 4.78 is 17.4. The predicted octanol–water partition coefficient (Wildman–Crippen LogP) is 0.898. The van der Waals surface area contributed by atoms with E-state index in [-0.39, 0.29) is 12.8 Å². The largest absolute Gasteiger partial charge is 0.496 e. The number of benzene rings is 1. The minimum atomic E-state index is -1.24. The molecule has 1 aromatic heterocycles. The third kappa shape index (κ3) is 3.01. The Kier molecular flexibility index (Phi) is 5.13. The molecule has 0 bridgehead atoms. The van der Waals surface area contributed by atoms with Crippen LogP contribution in [0.1, 0.15) is 18.2 Å². The maximum Gasteiger partial charge on any atom is 0.335 e. The Hall–Kier alpha value is -2.60. The molecule has 8 nitrogen and oxygen atoms in total. The van der Waals surface area contributed by atoms with Crippen LogP contribution in [0.15, 0.2) is 24.4 Å². The van der Waals surface area contributed by atoms with E-state index < -0.39 is 30.5 Å². The van der Waals surface area contributed by atoms with Crippen molar-refractivity contribution in [3.8, 4) is 11.8 Å². The lowest BCUT2D eigenvalue weighted by atomic mass is 10.0. The fraction of sp³-hybridized carbons (Fsp3) is 0.444. The number of methoxy groups -OCH3 is 2. The van der Waals surface area contributed by atoms with Crippen LogP contribution in [0, 0.1) is 11.3 Å². The van der Waals surface area contributed by atoms with Crippen LogP contribution < -0.4 is 4.74 Å². The lowest BCUT2D eigenvalue weighted by Crippen LogP contribution is -2.48. The minimum absolute atomic E-state index is 0.0576. The van der Waals surface area contributed by atoms with Gasteiger partial charge in [0.25, 0.3) is 0 Å². The van der Waals surface area contributed by atoms with Gasteiger partial charge in [0.1, 0.15) is 11.9 Å². The van der Waals surface area contributed by atoms with Crippen molar-refractivity contribution < 1.29 is 29.2 Å². The van der Waals surface area contributed by atoms with E-state index in [0.717, 1.165) is 5.39 Å². The first-order chi connectivity index (χ1) is 12.5. The Balaban J connectivity index is 2.11. The van der Waals surface area contributed by atoms with E-state index in [1.807, 2.05) is 0 Å². The van der Waals surface area contributed by atoms with E-state index >= 15 is 0 Å². The molecule has 1 aliphatic heterocycles. The molecule has 1 saturated heterocycles. The Morgan fingerprint density at radius 1 is 1.42 bits per heavy atom. The summed E-state index contributed by atoms with van der Waals surface area (Å²) in [5.41, 5.74) is 1.36. The average molecular weight is 360 g/mol. The highest BCUT2D eigenvalue weighted by Crippen LogP contribution is 2.36. The highest BCUT2D eigenvalue weighted by atomic mass is 16.6. The molecular weight excluding hydrogens is 340 g/mol. The Bertz CT molecular complexity index is 855. The molecule has 26 heavy (non-hydrogen) atoms. The van der Waals surface area contributed by atoms with Crippen molar-refractivity contribution in [2.75, 3.05) is 14.2 Å². The maximum absolute atomic E-state index is 11.9. The van der Waals surface area contributed by atoms with Crippen molar-refractivity contribution in [3.63, 3.8) is 0 Å². The Labute approximate surface area is 150 Å². The van der Waals surface area contributed by atoms with Gasteiger partial charge in [-0.3, -0.25) is 0 Å². The van der Waals surface area contributed by atoms with Crippen molar-refractivity contribution in [2.45, 2.75) is 37.4 Å². The van der Waals surface area contributed by atoms with E-state index in [0.29, 0.717) is 16.8 Å². The van der Waals surface area contributed by atoms with Crippen LogP contribution in [-0.4, -0.2) is 53.3 Å². The third-order valence-electron chi connectivity index (χ3n) is 4.57. The summed E-state index contributed by atoms with van der Waals surface area (Å²) in [7, 11) is 2.77. The van der Waals surface area contributed by atoms with Gasteiger partial charge < -0.3 is 29.0 Å². The highest BCUT2D eigenvalue weighted by molar-refractivity contribution is 5.90. The van der Waals surface area contributed by atoms with Gasteiger partial charge >= 0.3 is 5.97 Å². The van der Waals surface area contributed by atoms with E-state index in [1.54, 1.807) is 29.0 Å². The smallest absolute Gasteiger partial charge is 0.335 e. The molecule has 0 radical (unpaired) electrons. The molecule has 2 aromatic rings. The number of aromatic nitrogens is 1. The van der Waals surface area contributed by atoms with Gasteiger partial charge in [0.2, 0.25) is 0 Å². The van der Waals surface area contributed by atoms with Gasteiger partial charge in [-0.2, -0.15) is 5.26 Å². The molecule has 0 spiro atoms. The Morgan fingerprint density at radius 3 is 2.85 bits per heavy atom. The number of ether oxygens (including phenoxy) is 3. The van der Waals surface area contributed by atoms with Gasteiger partial charge in [-0.15, -0.1) is 0 Å². The Morgan fingerprint density at radius 2 is 2.19 bits per heavy atom. The van der Waals surface area contributed by atoms with Crippen molar-refractivity contribution >= 4 is 16.9 Å².